The Kier molecular flexibility index (Phi) is 3.66. The summed E-state index contributed by atoms with van der Waals surface area (Å²) in [4.78, 5) is 11.4. The standard InChI is InChI=1S/C16H13Cl2NO2/c1-8-2-3-10(12(17)4-8)16(21)11-5-9-6-15(20)19-14(9)7-13(11)18/h2-5,7,16,21H,6H2,1H3,(H,19,20). The smallest absolute Gasteiger partial charge is 0.228 e. The average Bonchev–Trinajstić information content (AvgIpc) is 2.76. The van der Waals surface area contributed by atoms with E-state index in [0.29, 0.717) is 33.3 Å². The Morgan fingerprint density at radius 1 is 1.14 bits per heavy atom. The molecule has 108 valence electrons. The largest absolute Gasteiger partial charge is 0.384 e. The second kappa shape index (κ2) is 5.34. The van der Waals surface area contributed by atoms with Crippen molar-refractivity contribution in [1.82, 2.24) is 0 Å². The van der Waals surface area contributed by atoms with Gasteiger partial charge in [-0.1, -0.05) is 35.3 Å². The maximum Gasteiger partial charge on any atom is 0.228 e. The fourth-order valence-corrected chi connectivity index (χ4v) is 3.10. The molecule has 0 aromatic heterocycles. The summed E-state index contributed by atoms with van der Waals surface area (Å²) in [5.74, 6) is -0.0684. The molecule has 0 spiro atoms. The van der Waals surface area contributed by atoms with E-state index >= 15 is 0 Å². The van der Waals surface area contributed by atoms with Crippen LogP contribution in [0.2, 0.25) is 10.0 Å². The molecule has 1 heterocycles. The van der Waals surface area contributed by atoms with E-state index in [-0.39, 0.29) is 5.91 Å². The molecule has 0 saturated heterocycles. The molecule has 1 amide bonds. The Labute approximate surface area is 132 Å². The van der Waals surface area contributed by atoms with Crippen molar-refractivity contribution in [3.63, 3.8) is 0 Å². The molecule has 0 aliphatic carbocycles. The maximum atomic E-state index is 11.4. The predicted octanol–water partition coefficient (Wildman–Crippen LogP) is 3.88. The predicted molar refractivity (Wildman–Crippen MR) is 84.0 cm³/mol. The van der Waals surface area contributed by atoms with Crippen molar-refractivity contribution in [3.8, 4) is 0 Å². The molecule has 21 heavy (non-hydrogen) atoms. The first-order valence-corrected chi connectivity index (χ1v) is 7.27. The molecule has 5 heteroatoms. The molecular formula is C16H13Cl2NO2. The second-order valence-electron chi connectivity index (χ2n) is 5.18. The van der Waals surface area contributed by atoms with E-state index in [4.69, 9.17) is 23.2 Å². The molecule has 3 nitrogen and oxygen atoms in total. The summed E-state index contributed by atoms with van der Waals surface area (Å²) in [5.41, 5.74) is 3.71. The van der Waals surface area contributed by atoms with Crippen molar-refractivity contribution in [2.24, 2.45) is 0 Å². The number of aliphatic hydroxyl groups excluding tert-OH is 1. The minimum atomic E-state index is -0.924. The van der Waals surface area contributed by atoms with Crippen molar-refractivity contribution in [2.45, 2.75) is 19.4 Å². The van der Waals surface area contributed by atoms with Crippen LogP contribution in [0.4, 0.5) is 5.69 Å². The Morgan fingerprint density at radius 3 is 2.57 bits per heavy atom. The summed E-state index contributed by atoms with van der Waals surface area (Å²) in [6.45, 7) is 1.93. The number of nitrogens with one attached hydrogen (secondary N) is 1. The molecule has 1 aliphatic rings. The van der Waals surface area contributed by atoms with Crippen molar-refractivity contribution in [3.05, 3.63) is 62.6 Å². The van der Waals surface area contributed by atoms with Gasteiger partial charge in [-0.3, -0.25) is 4.79 Å². The highest BCUT2D eigenvalue weighted by Crippen LogP contribution is 2.37. The number of halogens is 2. The number of carbonyl (C=O) groups excluding carboxylic acids is 1. The van der Waals surface area contributed by atoms with E-state index in [9.17, 15) is 9.90 Å². The van der Waals surface area contributed by atoms with Gasteiger partial charge in [0.05, 0.1) is 6.42 Å². The number of aryl methyl sites for hydroxylation is 1. The van der Waals surface area contributed by atoms with Gasteiger partial charge in [0, 0.05) is 26.9 Å². The lowest BCUT2D eigenvalue weighted by Gasteiger charge is -2.16. The minimum Gasteiger partial charge on any atom is -0.384 e. The van der Waals surface area contributed by atoms with Crippen LogP contribution in [0, 0.1) is 6.92 Å². The molecule has 1 unspecified atom stereocenters. The first kappa shape index (κ1) is 14.4. The number of benzene rings is 2. The summed E-state index contributed by atoms with van der Waals surface area (Å²) in [6.07, 6.45) is -0.625. The van der Waals surface area contributed by atoms with Crippen molar-refractivity contribution in [1.29, 1.82) is 0 Å². The summed E-state index contributed by atoms with van der Waals surface area (Å²) in [5, 5.41) is 14.2. The Balaban J connectivity index is 2.04. The zero-order valence-corrected chi connectivity index (χ0v) is 12.8. The SMILES string of the molecule is Cc1ccc(C(O)c2cc3c(cc2Cl)NC(=O)C3)c(Cl)c1. The number of carbonyl (C=O) groups is 1. The highest BCUT2D eigenvalue weighted by molar-refractivity contribution is 6.32. The third kappa shape index (κ3) is 2.64. The van der Waals surface area contributed by atoms with Gasteiger partial charge in [-0.05, 0) is 36.2 Å². The summed E-state index contributed by atoms with van der Waals surface area (Å²) in [6, 6.07) is 8.90. The Bertz CT molecular complexity index is 743. The van der Waals surface area contributed by atoms with Crippen LogP contribution in [0.5, 0.6) is 0 Å². The van der Waals surface area contributed by atoms with Gasteiger partial charge in [-0.25, -0.2) is 0 Å². The minimum absolute atomic E-state index is 0.0684. The van der Waals surface area contributed by atoms with Gasteiger partial charge in [0.15, 0.2) is 0 Å². The molecule has 2 aromatic rings. The zero-order chi connectivity index (χ0) is 15.1. The van der Waals surface area contributed by atoms with Gasteiger partial charge in [-0.2, -0.15) is 0 Å². The topological polar surface area (TPSA) is 49.3 Å². The number of rotatable bonds is 2. The number of fused-ring (bicyclic) bond motifs is 1. The van der Waals surface area contributed by atoms with Crippen LogP contribution in [0.25, 0.3) is 0 Å². The van der Waals surface area contributed by atoms with Gasteiger partial charge < -0.3 is 10.4 Å². The summed E-state index contributed by atoms with van der Waals surface area (Å²) < 4.78 is 0. The van der Waals surface area contributed by atoms with E-state index in [1.165, 1.54) is 0 Å². The van der Waals surface area contributed by atoms with E-state index in [1.54, 1.807) is 24.3 Å². The highest BCUT2D eigenvalue weighted by atomic mass is 35.5. The van der Waals surface area contributed by atoms with Crippen LogP contribution < -0.4 is 5.32 Å². The van der Waals surface area contributed by atoms with Crippen LogP contribution in [-0.4, -0.2) is 11.0 Å². The number of hydrogen-bond acceptors (Lipinski definition) is 2. The molecule has 1 aliphatic heterocycles. The van der Waals surface area contributed by atoms with Crippen LogP contribution >= 0.6 is 23.2 Å². The van der Waals surface area contributed by atoms with Gasteiger partial charge in [0.1, 0.15) is 6.10 Å². The van der Waals surface area contributed by atoms with E-state index in [1.807, 2.05) is 13.0 Å². The number of aliphatic hydroxyl groups is 1. The normalized spacial score (nSPS) is 14.8. The molecular weight excluding hydrogens is 309 g/mol. The first-order valence-electron chi connectivity index (χ1n) is 6.52. The molecule has 0 fully saturated rings. The van der Waals surface area contributed by atoms with E-state index in [0.717, 1.165) is 11.1 Å². The molecule has 0 saturated carbocycles. The third-order valence-electron chi connectivity index (χ3n) is 3.59. The first-order chi connectivity index (χ1) is 9.95. The lowest BCUT2D eigenvalue weighted by Crippen LogP contribution is -2.03. The van der Waals surface area contributed by atoms with Crippen molar-refractivity contribution in [2.75, 3.05) is 5.32 Å². The second-order valence-corrected chi connectivity index (χ2v) is 6.00. The number of hydrogen-bond donors (Lipinski definition) is 2. The van der Waals surface area contributed by atoms with Crippen LogP contribution in [0.1, 0.15) is 28.4 Å². The fourth-order valence-electron chi connectivity index (χ4n) is 2.50. The van der Waals surface area contributed by atoms with Gasteiger partial charge >= 0.3 is 0 Å². The number of anilines is 1. The molecule has 2 N–H and O–H groups in total. The van der Waals surface area contributed by atoms with Crippen molar-refractivity contribution < 1.29 is 9.90 Å². The van der Waals surface area contributed by atoms with Crippen LogP contribution in [-0.2, 0) is 11.2 Å². The lowest BCUT2D eigenvalue weighted by atomic mass is 9.98. The average molecular weight is 322 g/mol. The molecule has 1 atom stereocenters. The van der Waals surface area contributed by atoms with Gasteiger partial charge in [0.2, 0.25) is 5.91 Å². The molecule has 3 rings (SSSR count). The van der Waals surface area contributed by atoms with Gasteiger partial charge in [0.25, 0.3) is 0 Å². The Hall–Kier alpha value is -1.55. The van der Waals surface area contributed by atoms with E-state index < -0.39 is 6.10 Å². The molecule has 0 bridgehead atoms. The van der Waals surface area contributed by atoms with Crippen molar-refractivity contribution >= 4 is 34.8 Å². The molecule has 0 radical (unpaired) electrons. The zero-order valence-electron chi connectivity index (χ0n) is 11.3. The summed E-state index contributed by atoms with van der Waals surface area (Å²) >= 11 is 12.4. The molecule has 2 aromatic carbocycles. The number of amides is 1. The monoisotopic (exact) mass is 321 g/mol. The quantitative estimate of drug-likeness (QED) is 0.881. The fraction of sp³-hybridized carbons (Fsp3) is 0.188. The van der Waals surface area contributed by atoms with Crippen LogP contribution in [0.15, 0.2) is 30.3 Å². The van der Waals surface area contributed by atoms with Gasteiger partial charge in [-0.15, -0.1) is 0 Å². The highest BCUT2D eigenvalue weighted by Gasteiger charge is 2.23. The third-order valence-corrected chi connectivity index (χ3v) is 4.25. The Morgan fingerprint density at radius 2 is 1.86 bits per heavy atom. The van der Waals surface area contributed by atoms with E-state index in [2.05, 4.69) is 5.32 Å². The lowest BCUT2D eigenvalue weighted by molar-refractivity contribution is -0.115. The maximum absolute atomic E-state index is 11.4. The summed E-state index contributed by atoms with van der Waals surface area (Å²) in [7, 11) is 0. The van der Waals surface area contributed by atoms with Crippen LogP contribution in [0.3, 0.4) is 0 Å².